The molecule has 0 aliphatic carbocycles. The van der Waals surface area contributed by atoms with Crippen molar-refractivity contribution in [1.29, 1.82) is 0 Å². The number of carbonyl (C=O) groups is 2. The summed E-state index contributed by atoms with van der Waals surface area (Å²) in [5, 5.41) is 5.68. The average molecular weight is 353 g/mol. The molecule has 1 atom stereocenters. The summed E-state index contributed by atoms with van der Waals surface area (Å²) in [6, 6.07) is 14.5. The Morgan fingerprint density at radius 2 is 2.00 bits per heavy atom. The van der Waals surface area contributed by atoms with Crippen molar-refractivity contribution in [2.75, 3.05) is 23.9 Å². The third-order valence-corrected chi connectivity index (χ3v) is 4.45. The molecule has 0 radical (unpaired) electrons. The molecule has 136 valence electrons. The summed E-state index contributed by atoms with van der Waals surface area (Å²) < 4.78 is 5.21. The van der Waals surface area contributed by atoms with Crippen LogP contribution < -0.4 is 20.3 Å². The van der Waals surface area contributed by atoms with Gasteiger partial charge in [-0.2, -0.15) is 0 Å². The van der Waals surface area contributed by atoms with E-state index in [4.69, 9.17) is 4.74 Å². The molecule has 0 saturated carbocycles. The van der Waals surface area contributed by atoms with Gasteiger partial charge in [0.15, 0.2) is 0 Å². The van der Waals surface area contributed by atoms with Crippen molar-refractivity contribution in [2.45, 2.75) is 25.8 Å². The van der Waals surface area contributed by atoms with Crippen LogP contribution in [0.5, 0.6) is 5.75 Å². The minimum absolute atomic E-state index is 0.0177. The Hall–Kier alpha value is -3.02. The molecule has 3 amide bonds. The first kappa shape index (κ1) is 17.8. The largest absolute Gasteiger partial charge is 0.497 e. The maximum atomic E-state index is 12.3. The fourth-order valence-corrected chi connectivity index (χ4v) is 3.01. The summed E-state index contributed by atoms with van der Waals surface area (Å²) in [7, 11) is 1.59. The molecule has 1 aliphatic heterocycles. The Morgan fingerprint density at radius 3 is 2.69 bits per heavy atom. The van der Waals surface area contributed by atoms with Crippen molar-refractivity contribution >= 4 is 23.3 Å². The molecule has 2 N–H and O–H groups in total. The van der Waals surface area contributed by atoms with Crippen LogP contribution in [0.1, 0.15) is 18.9 Å². The number of methoxy groups -OCH3 is 1. The predicted octanol–water partition coefficient (Wildman–Crippen LogP) is 3.18. The maximum absolute atomic E-state index is 12.3. The Bertz CT molecular complexity index is 789. The van der Waals surface area contributed by atoms with E-state index in [0.29, 0.717) is 12.3 Å². The van der Waals surface area contributed by atoms with E-state index in [1.54, 1.807) is 12.0 Å². The molecule has 0 unspecified atom stereocenters. The van der Waals surface area contributed by atoms with Crippen LogP contribution in [0.2, 0.25) is 0 Å². The third-order valence-electron chi connectivity index (χ3n) is 4.45. The monoisotopic (exact) mass is 353 g/mol. The number of hydrogen-bond donors (Lipinski definition) is 2. The van der Waals surface area contributed by atoms with Crippen LogP contribution in [0.4, 0.5) is 16.2 Å². The minimum atomic E-state index is -0.306. The summed E-state index contributed by atoms with van der Waals surface area (Å²) in [5.41, 5.74) is 2.72. The van der Waals surface area contributed by atoms with Gasteiger partial charge in [-0.1, -0.05) is 25.1 Å². The summed E-state index contributed by atoms with van der Waals surface area (Å²) in [6.07, 6.45) is 1.23. The molecule has 3 rings (SSSR count). The molecule has 0 bridgehead atoms. The van der Waals surface area contributed by atoms with Crippen molar-refractivity contribution in [3.05, 3.63) is 54.1 Å². The molecule has 2 aromatic rings. The summed E-state index contributed by atoms with van der Waals surface area (Å²) in [4.78, 5) is 26.2. The van der Waals surface area contributed by atoms with E-state index in [0.717, 1.165) is 17.8 Å². The first-order valence-electron chi connectivity index (χ1n) is 8.70. The zero-order chi connectivity index (χ0) is 18.5. The number of hydrogen-bond acceptors (Lipinski definition) is 3. The molecule has 2 aromatic carbocycles. The number of nitrogens with zero attached hydrogens (tertiary/aromatic N) is 1. The molecule has 1 saturated heterocycles. The number of rotatable bonds is 5. The quantitative estimate of drug-likeness (QED) is 0.867. The summed E-state index contributed by atoms with van der Waals surface area (Å²) in [5.74, 6) is 0.677. The number of carbonyl (C=O) groups excluding carboxylic acids is 2. The van der Waals surface area contributed by atoms with Crippen LogP contribution in [0.3, 0.4) is 0 Å². The van der Waals surface area contributed by atoms with Gasteiger partial charge in [-0.15, -0.1) is 0 Å². The van der Waals surface area contributed by atoms with Crippen LogP contribution in [0.25, 0.3) is 0 Å². The second-order valence-corrected chi connectivity index (χ2v) is 6.26. The Balaban J connectivity index is 1.58. The highest BCUT2D eigenvalue weighted by Gasteiger charge is 2.31. The standard InChI is InChI=1S/C20H23N3O3/c1-3-14-7-9-15(10-8-14)21-20(25)22-16-11-19(24)23(13-16)17-5-4-6-18(12-17)26-2/h4-10,12,16H,3,11,13H2,1-2H3,(H2,21,22,25)/t16-/m1/s1. The summed E-state index contributed by atoms with van der Waals surface area (Å²) >= 11 is 0. The normalized spacial score (nSPS) is 16.5. The van der Waals surface area contributed by atoms with E-state index >= 15 is 0 Å². The van der Waals surface area contributed by atoms with Gasteiger partial charge < -0.3 is 20.3 Å². The van der Waals surface area contributed by atoms with Crippen molar-refractivity contribution in [3.8, 4) is 5.75 Å². The van der Waals surface area contributed by atoms with Crippen molar-refractivity contribution < 1.29 is 14.3 Å². The lowest BCUT2D eigenvalue weighted by Crippen LogP contribution is -2.39. The van der Waals surface area contributed by atoms with Crippen molar-refractivity contribution in [3.63, 3.8) is 0 Å². The first-order chi connectivity index (χ1) is 12.6. The molecule has 0 spiro atoms. The average Bonchev–Trinajstić information content (AvgIpc) is 3.02. The van der Waals surface area contributed by atoms with Crippen LogP contribution in [0.15, 0.2) is 48.5 Å². The molecule has 0 aromatic heterocycles. The fraction of sp³-hybridized carbons (Fsp3) is 0.300. The van der Waals surface area contributed by atoms with Crippen LogP contribution in [0, 0.1) is 0 Å². The van der Waals surface area contributed by atoms with E-state index in [2.05, 4.69) is 17.6 Å². The van der Waals surface area contributed by atoms with Crippen LogP contribution in [-0.4, -0.2) is 31.6 Å². The lowest BCUT2D eigenvalue weighted by Gasteiger charge is -2.18. The topological polar surface area (TPSA) is 70.7 Å². The van der Waals surface area contributed by atoms with E-state index in [-0.39, 0.29) is 24.4 Å². The van der Waals surface area contributed by atoms with E-state index in [9.17, 15) is 9.59 Å². The minimum Gasteiger partial charge on any atom is -0.497 e. The van der Waals surface area contributed by atoms with Crippen LogP contribution >= 0.6 is 0 Å². The predicted molar refractivity (Wildman–Crippen MR) is 102 cm³/mol. The zero-order valence-corrected chi connectivity index (χ0v) is 15.0. The number of ether oxygens (including phenoxy) is 1. The van der Waals surface area contributed by atoms with Gasteiger partial charge in [0, 0.05) is 30.4 Å². The smallest absolute Gasteiger partial charge is 0.319 e. The van der Waals surface area contributed by atoms with Gasteiger partial charge in [-0.3, -0.25) is 4.79 Å². The number of amides is 3. The van der Waals surface area contributed by atoms with Gasteiger partial charge >= 0.3 is 6.03 Å². The third kappa shape index (κ3) is 4.14. The van der Waals surface area contributed by atoms with Gasteiger partial charge in [0.05, 0.1) is 13.2 Å². The number of nitrogens with one attached hydrogen (secondary N) is 2. The second kappa shape index (κ2) is 7.91. The maximum Gasteiger partial charge on any atom is 0.319 e. The highest BCUT2D eigenvalue weighted by atomic mass is 16.5. The molecular formula is C20H23N3O3. The Kier molecular flexibility index (Phi) is 5.41. The molecule has 1 aliphatic rings. The number of urea groups is 1. The fourth-order valence-electron chi connectivity index (χ4n) is 3.01. The summed E-state index contributed by atoms with van der Waals surface area (Å²) in [6.45, 7) is 2.52. The molecule has 26 heavy (non-hydrogen) atoms. The molecule has 6 heteroatoms. The lowest BCUT2D eigenvalue weighted by atomic mass is 10.1. The van der Waals surface area contributed by atoms with Crippen LogP contribution in [-0.2, 0) is 11.2 Å². The Labute approximate surface area is 153 Å². The molecule has 1 fully saturated rings. The van der Waals surface area contributed by atoms with E-state index in [1.807, 2.05) is 48.5 Å². The first-order valence-corrected chi connectivity index (χ1v) is 8.70. The SMILES string of the molecule is CCc1ccc(NC(=O)N[C@@H]2CC(=O)N(c3cccc(OC)c3)C2)cc1. The van der Waals surface area contributed by atoms with Gasteiger partial charge in [0.2, 0.25) is 5.91 Å². The molecule has 1 heterocycles. The second-order valence-electron chi connectivity index (χ2n) is 6.26. The van der Waals surface area contributed by atoms with E-state index in [1.165, 1.54) is 5.56 Å². The van der Waals surface area contributed by atoms with E-state index < -0.39 is 0 Å². The Morgan fingerprint density at radius 1 is 1.23 bits per heavy atom. The van der Waals surface area contributed by atoms with Gasteiger partial charge in [-0.05, 0) is 36.2 Å². The van der Waals surface area contributed by atoms with Gasteiger partial charge in [0.25, 0.3) is 0 Å². The molecule has 6 nitrogen and oxygen atoms in total. The highest BCUT2D eigenvalue weighted by molar-refractivity contribution is 5.97. The van der Waals surface area contributed by atoms with Gasteiger partial charge in [0.1, 0.15) is 5.75 Å². The van der Waals surface area contributed by atoms with Gasteiger partial charge in [-0.25, -0.2) is 4.79 Å². The number of benzene rings is 2. The number of aryl methyl sites for hydroxylation is 1. The number of anilines is 2. The highest BCUT2D eigenvalue weighted by Crippen LogP contribution is 2.25. The lowest BCUT2D eigenvalue weighted by molar-refractivity contribution is -0.117. The zero-order valence-electron chi connectivity index (χ0n) is 15.0. The van der Waals surface area contributed by atoms with Crippen molar-refractivity contribution in [2.24, 2.45) is 0 Å². The molecular weight excluding hydrogens is 330 g/mol. The van der Waals surface area contributed by atoms with Crippen molar-refractivity contribution in [1.82, 2.24) is 5.32 Å².